The molecular formula is C40H48BrN9O2S. The molecule has 0 spiro atoms. The first kappa shape index (κ1) is 42.5. The summed E-state index contributed by atoms with van der Waals surface area (Å²) < 4.78 is 6.28. The number of likely N-dealkylation sites (tertiary alicyclic amines) is 1. The first-order chi connectivity index (χ1) is 25.4. The molecule has 0 saturated carbocycles. The highest BCUT2D eigenvalue weighted by atomic mass is 79.9. The molecule has 0 N–H and O–H groups in total. The van der Waals surface area contributed by atoms with Crippen molar-refractivity contribution < 1.29 is 9.53 Å². The van der Waals surface area contributed by atoms with Gasteiger partial charge in [-0.2, -0.15) is 39.2 Å². The highest BCUT2D eigenvalue weighted by Gasteiger charge is 2.33. The highest BCUT2D eigenvalue weighted by Crippen LogP contribution is 2.35. The number of amides is 1. The molecule has 53 heavy (non-hydrogen) atoms. The summed E-state index contributed by atoms with van der Waals surface area (Å²) in [6, 6.07) is 21.5. The molecule has 0 bridgehead atoms. The molecular weight excluding hydrogens is 750 g/mol. The van der Waals surface area contributed by atoms with E-state index in [1.807, 2.05) is 12.1 Å². The second-order valence-electron chi connectivity index (χ2n) is 12.5. The van der Waals surface area contributed by atoms with Gasteiger partial charge in [0, 0.05) is 60.3 Å². The largest absolute Gasteiger partial charge is 0.462 e. The molecule has 0 radical (unpaired) electrons. The molecule has 1 aromatic heterocycles. The van der Waals surface area contributed by atoms with Gasteiger partial charge in [0.2, 0.25) is 5.91 Å². The van der Waals surface area contributed by atoms with Crippen molar-refractivity contribution >= 4 is 57.6 Å². The number of allylic oxidation sites excluding steroid dienone is 3. The van der Waals surface area contributed by atoms with Crippen molar-refractivity contribution in [2.24, 2.45) is 0 Å². The number of fused-ring (bicyclic) bond motifs is 2. The van der Waals surface area contributed by atoms with Crippen LogP contribution in [0.25, 0.3) is 10.8 Å². The number of anilines is 2. The van der Waals surface area contributed by atoms with Crippen molar-refractivity contribution in [2.75, 3.05) is 61.5 Å². The quantitative estimate of drug-likeness (QED) is 0.103. The van der Waals surface area contributed by atoms with Crippen LogP contribution in [0.5, 0.6) is 6.01 Å². The van der Waals surface area contributed by atoms with Crippen LogP contribution in [0.15, 0.2) is 79.9 Å². The van der Waals surface area contributed by atoms with Gasteiger partial charge in [0.05, 0.1) is 49.3 Å². The molecule has 3 aromatic rings. The Hall–Kier alpha value is -4.87. The Labute approximate surface area is 329 Å². The first-order valence-electron chi connectivity index (χ1n) is 17.5. The molecule has 2 fully saturated rings. The lowest BCUT2D eigenvalue weighted by Gasteiger charge is -2.42. The molecule has 3 aliphatic heterocycles. The third-order valence-corrected chi connectivity index (χ3v) is 9.66. The summed E-state index contributed by atoms with van der Waals surface area (Å²) in [5, 5.41) is 28.3. The van der Waals surface area contributed by atoms with Crippen LogP contribution in [-0.2, 0) is 17.8 Å². The van der Waals surface area contributed by atoms with Crippen molar-refractivity contribution in [3.63, 3.8) is 0 Å². The number of alkyl halides is 1. The van der Waals surface area contributed by atoms with E-state index in [0.717, 1.165) is 48.3 Å². The summed E-state index contributed by atoms with van der Waals surface area (Å²) in [6.07, 6.45) is 9.88. The van der Waals surface area contributed by atoms with E-state index in [4.69, 9.17) is 25.2 Å². The normalized spacial score (nSPS) is 17.8. The minimum absolute atomic E-state index is 0. The van der Waals surface area contributed by atoms with Gasteiger partial charge in [-0.25, -0.2) is 0 Å². The lowest BCUT2D eigenvalue weighted by molar-refractivity contribution is -0.128. The number of aromatic nitrogens is 2. The maximum absolute atomic E-state index is 12.5. The van der Waals surface area contributed by atoms with Gasteiger partial charge in [-0.1, -0.05) is 71.1 Å². The number of hydrogen-bond donors (Lipinski definition) is 0. The van der Waals surface area contributed by atoms with E-state index in [-0.39, 0.29) is 31.9 Å². The fraction of sp³-hybridized carbons (Fsp3) is 0.400. The number of hydrogen-bond acceptors (Lipinski definition) is 10. The number of nitriles is 3. The molecule has 0 aliphatic carbocycles. The van der Waals surface area contributed by atoms with Crippen molar-refractivity contribution in [2.45, 2.75) is 50.7 Å². The van der Waals surface area contributed by atoms with Crippen molar-refractivity contribution in [1.82, 2.24) is 19.8 Å². The number of carbonyl (C=O) groups excluding carboxylic acids is 1. The molecule has 2 aromatic carbocycles. The summed E-state index contributed by atoms with van der Waals surface area (Å²) in [5.74, 6) is 0.737. The predicted molar refractivity (Wildman–Crippen MR) is 219 cm³/mol. The summed E-state index contributed by atoms with van der Waals surface area (Å²) >= 11 is 3.11. The molecule has 6 rings (SSSR count). The van der Waals surface area contributed by atoms with Gasteiger partial charge in [-0.3, -0.25) is 4.79 Å². The summed E-state index contributed by atoms with van der Waals surface area (Å²) in [6.45, 7) is 11.8. The van der Waals surface area contributed by atoms with Gasteiger partial charge in [0.15, 0.2) is 0 Å². The first-order valence-corrected chi connectivity index (χ1v) is 18.6. The van der Waals surface area contributed by atoms with Gasteiger partial charge in [-0.15, -0.1) is 6.58 Å². The van der Waals surface area contributed by atoms with Gasteiger partial charge in [-0.05, 0) is 50.4 Å². The van der Waals surface area contributed by atoms with Crippen LogP contribution < -0.4 is 14.5 Å². The van der Waals surface area contributed by atoms with Gasteiger partial charge in [0.1, 0.15) is 12.4 Å². The van der Waals surface area contributed by atoms with Crippen LogP contribution in [-0.4, -0.2) is 89.5 Å². The van der Waals surface area contributed by atoms with E-state index in [0.29, 0.717) is 51.3 Å². The molecule has 2 atom stereocenters. The third-order valence-electron chi connectivity index (χ3n) is 9.29. The average molecular weight is 799 g/mol. The standard InChI is InChI=1S/C32H37N7O2.C4H4BrN.C4H5N.H2S/c1-3-30(40)39-19-18-38(20-24(39)13-15-33)31-27-14-17-37(29-12-6-9-23-8-4-5-11-26(23)29)21-28(27)34-32(35-31)41-22-25-10-7-16-36(25)2;5-3-1-2-4-6;1-2-3-4-5;/h3-6,8-9,11-12,24-25H,1,7,10,13-14,16-22H2,2H3;1-2H,3H2;2H,1,3H2;1H2/b;2-1+;;/t24?,25-;;;/m0.../s1. The minimum atomic E-state index is -0.225. The molecule has 13 heteroatoms. The maximum atomic E-state index is 12.5. The topological polar surface area (TPSA) is 136 Å². The van der Waals surface area contributed by atoms with Crippen LogP contribution >= 0.6 is 29.4 Å². The van der Waals surface area contributed by atoms with E-state index >= 15 is 0 Å². The van der Waals surface area contributed by atoms with Gasteiger partial charge in [0.25, 0.3) is 0 Å². The zero-order chi connectivity index (χ0) is 37.3. The van der Waals surface area contributed by atoms with Crippen molar-refractivity contribution in [3.8, 4) is 24.2 Å². The Morgan fingerprint density at radius 2 is 1.81 bits per heavy atom. The Morgan fingerprint density at radius 1 is 1.02 bits per heavy atom. The van der Waals surface area contributed by atoms with Crippen LogP contribution in [0, 0.1) is 34.0 Å². The number of nitrogens with zero attached hydrogens (tertiary/aromatic N) is 9. The van der Waals surface area contributed by atoms with Gasteiger partial charge < -0.3 is 24.3 Å². The number of piperazine rings is 1. The average Bonchev–Trinajstić information content (AvgIpc) is 3.60. The molecule has 11 nitrogen and oxygen atoms in total. The lowest BCUT2D eigenvalue weighted by atomic mass is 10.0. The summed E-state index contributed by atoms with van der Waals surface area (Å²) in [4.78, 5) is 31.2. The van der Waals surface area contributed by atoms with Crippen molar-refractivity contribution in [1.29, 1.82) is 15.8 Å². The Kier molecular flexibility index (Phi) is 17.9. The molecule has 3 aliphatic rings. The van der Waals surface area contributed by atoms with E-state index in [2.05, 4.69) is 99.4 Å². The molecule has 1 unspecified atom stereocenters. The van der Waals surface area contributed by atoms with Gasteiger partial charge >= 0.3 is 6.01 Å². The molecule has 2 saturated heterocycles. The number of rotatable bonds is 9. The zero-order valence-corrected chi connectivity index (χ0v) is 32.9. The van der Waals surface area contributed by atoms with Crippen LogP contribution in [0.2, 0.25) is 0 Å². The molecule has 1 amide bonds. The smallest absolute Gasteiger partial charge is 0.318 e. The molecule has 278 valence electrons. The Bertz CT molecular complexity index is 1850. The molecule has 4 heterocycles. The van der Waals surface area contributed by atoms with E-state index in [1.54, 1.807) is 17.1 Å². The van der Waals surface area contributed by atoms with E-state index < -0.39 is 0 Å². The van der Waals surface area contributed by atoms with Crippen molar-refractivity contribution in [3.05, 3.63) is 91.2 Å². The SMILES string of the molecule is C=CC(=O)N1CCN(c2nc(OC[C@@H]3CCCN3C)nc3c2CCN(c2cccc4ccccc24)C3)CC1CC#N.C=CCC#N.N#C/C=C/CBr.S. The summed E-state index contributed by atoms with van der Waals surface area (Å²) in [7, 11) is 2.14. The number of ether oxygens (including phenoxy) is 1. The zero-order valence-electron chi connectivity index (χ0n) is 30.3. The van der Waals surface area contributed by atoms with Crippen LogP contribution in [0.1, 0.15) is 36.9 Å². The Morgan fingerprint density at radius 3 is 2.45 bits per heavy atom. The second-order valence-corrected chi connectivity index (χ2v) is 13.2. The number of halogens is 1. The highest BCUT2D eigenvalue weighted by molar-refractivity contribution is 9.09. The number of benzene rings is 2. The maximum Gasteiger partial charge on any atom is 0.318 e. The number of likely N-dealkylation sites (N-methyl/N-ethyl adjacent to an activating group) is 1. The van der Waals surface area contributed by atoms with Crippen LogP contribution in [0.3, 0.4) is 0 Å². The second kappa shape index (κ2) is 22.3. The predicted octanol–water partition coefficient (Wildman–Crippen LogP) is 6.44. The fourth-order valence-corrected chi connectivity index (χ4v) is 6.85. The monoisotopic (exact) mass is 797 g/mol. The lowest BCUT2D eigenvalue weighted by Crippen LogP contribution is -2.55. The third kappa shape index (κ3) is 11.6. The Balaban J connectivity index is 0.000000553. The van der Waals surface area contributed by atoms with E-state index in [1.165, 1.54) is 35.0 Å². The fourth-order valence-electron chi connectivity index (χ4n) is 6.66. The number of carbonyl (C=O) groups is 1. The van der Waals surface area contributed by atoms with E-state index in [9.17, 15) is 10.1 Å². The summed E-state index contributed by atoms with van der Waals surface area (Å²) in [5.41, 5.74) is 3.31. The van der Waals surface area contributed by atoms with Crippen LogP contribution in [0.4, 0.5) is 11.5 Å². The minimum Gasteiger partial charge on any atom is -0.462 e.